The number of amides is 1. The van der Waals surface area contributed by atoms with Gasteiger partial charge in [0.15, 0.2) is 0 Å². The fraction of sp³-hybridized carbons (Fsp3) is 0.263. The van der Waals surface area contributed by atoms with Crippen LogP contribution in [0.2, 0.25) is 0 Å². The molecular formula is C19H19N3O3S2. The summed E-state index contributed by atoms with van der Waals surface area (Å²) < 4.78 is 28.1. The minimum Gasteiger partial charge on any atom is -0.312 e. The van der Waals surface area contributed by atoms with Crippen LogP contribution in [-0.4, -0.2) is 20.9 Å². The topological polar surface area (TPSA) is 90.3 Å². The third-order valence-electron chi connectivity index (χ3n) is 4.40. The number of nitrogens with zero attached hydrogens (tertiary/aromatic N) is 2. The van der Waals surface area contributed by atoms with Crippen LogP contribution in [0.25, 0.3) is 0 Å². The number of rotatable bonds is 6. The maximum Gasteiger partial charge on any atom is 0.261 e. The summed E-state index contributed by atoms with van der Waals surface area (Å²) in [6.45, 7) is 2.59. The van der Waals surface area contributed by atoms with Crippen molar-refractivity contribution in [2.75, 3.05) is 16.2 Å². The third kappa shape index (κ3) is 4.26. The quantitative estimate of drug-likeness (QED) is 0.588. The SMILES string of the molecule is CCc1cc(SC#N)ccc1NS(=O)(=O)c1ccc(N2CCCC2=O)cc1. The molecule has 0 aromatic heterocycles. The van der Waals surface area contributed by atoms with Crippen LogP contribution in [0.1, 0.15) is 25.3 Å². The summed E-state index contributed by atoms with van der Waals surface area (Å²) in [6, 6.07) is 11.5. The normalized spacial score (nSPS) is 14.2. The van der Waals surface area contributed by atoms with Gasteiger partial charge < -0.3 is 4.90 Å². The van der Waals surface area contributed by atoms with Gasteiger partial charge in [-0.3, -0.25) is 9.52 Å². The number of anilines is 2. The number of thioether (sulfide) groups is 1. The Morgan fingerprint density at radius 3 is 2.56 bits per heavy atom. The van der Waals surface area contributed by atoms with E-state index in [2.05, 4.69) is 4.72 Å². The molecule has 6 nitrogen and oxygen atoms in total. The summed E-state index contributed by atoms with van der Waals surface area (Å²) in [5.41, 5.74) is 2.03. The van der Waals surface area contributed by atoms with Gasteiger partial charge in [0.05, 0.1) is 10.6 Å². The van der Waals surface area contributed by atoms with Crippen molar-refractivity contribution >= 4 is 39.1 Å². The summed E-state index contributed by atoms with van der Waals surface area (Å²) in [4.78, 5) is 14.4. The Bertz CT molecular complexity index is 996. The van der Waals surface area contributed by atoms with E-state index in [-0.39, 0.29) is 10.8 Å². The molecule has 0 radical (unpaired) electrons. The van der Waals surface area contributed by atoms with E-state index in [4.69, 9.17) is 5.26 Å². The highest BCUT2D eigenvalue weighted by Crippen LogP contribution is 2.28. The molecule has 1 saturated heterocycles. The molecule has 27 heavy (non-hydrogen) atoms. The Balaban J connectivity index is 1.82. The largest absolute Gasteiger partial charge is 0.312 e. The zero-order valence-electron chi connectivity index (χ0n) is 14.8. The molecule has 1 N–H and O–H groups in total. The number of carbonyl (C=O) groups is 1. The molecule has 0 aliphatic carbocycles. The Kier molecular flexibility index (Phi) is 5.73. The smallest absolute Gasteiger partial charge is 0.261 e. The number of sulfonamides is 1. The maximum atomic E-state index is 12.7. The first-order chi connectivity index (χ1) is 12.9. The van der Waals surface area contributed by atoms with Gasteiger partial charge in [0.2, 0.25) is 5.91 Å². The molecule has 0 spiro atoms. The fourth-order valence-corrected chi connectivity index (χ4v) is 4.55. The third-order valence-corrected chi connectivity index (χ3v) is 6.36. The second-order valence-electron chi connectivity index (χ2n) is 6.11. The second kappa shape index (κ2) is 8.03. The molecule has 1 heterocycles. The molecule has 1 fully saturated rings. The number of thiocyanates is 1. The molecule has 0 atom stereocenters. The van der Waals surface area contributed by atoms with E-state index in [1.165, 1.54) is 12.1 Å². The summed E-state index contributed by atoms with van der Waals surface area (Å²) in [5.74, 6) is 0.0617. The van der Waals surface area contributed by atoms with Crippen molar-refractivity contribution < 1.29 is 13.2 Å². The number of nitrogens with one attached hydrogen (secondary N) is 1. The summed E-state index contributed by atoms with van der Waals surface area (Å²) in [7, 11) is -3.75. The molecule has 0 saturated carbocycles. The lowest BCUT2D eigenvalue weighted by atomic mass is 10.1. The van der Waals surface area contributed by atoms with Gasteiger partial charge in [0.1, 0.15) is 5.40 Å². The number of benzene rings is 2. The van der Waals surface area contributed by atoms with E-state index in [0.29, 0.717) is 30.8 Å². The fourth-order valence-electron chi connectivity index (χ4n) is 3.01. The van der Waals surface area contributed by atoms with Crippen molar-refractivity contribution in [3.63, 3.8) is 0 Å². The van der Waals surface area contributed by atoms with Crippen molar-refractivity contribution in [2.45, 2.75) is 36.0 Å². The Hall–Kier alpha value is -2.50. The van der Waals surface area contributed by atoms with Crippen LogP contribution in [0.15, 0.2) is 52.3 Å². The van der Waals surface area contributed by atoms with Crippen molar-refractivity contribution in [3.8, 4) is 5.40 Å². The molecule has 2 aromatic carbocycles. The number of hydrogen-bond acceptors (Lipinski definition) is 5. The first kappa shape index (κ1) is 19.3. The molecule has 2 aromatic rings. The first-order valence-electron chi connectivity index (χ1n) is 8.56. The van der Waals surface area contributed by atoms with Gasteiger partial charge in [0, 0.05) is 23.5 Å². The molecular weight excluding hydrogens is 382 g/mol. The van der Waals surface area contributed by atoms with Gasteiger partial charge in [0.25, 0.3) is 10.0 Å². The summed E-state index contributed by atoms with van der Waals surface area (Å²) in [6.07, 6.45) is 1.98. The predicted octanol–water partition coefficient (Wildman–Crippen LogP) is 3.75. The molecule has 1 aliphatic rings. The summed E-state index contributed by atoms with van der Waals surface area (Å²) >= 11 is 1.04. The molecule has 0 unspecified atom stereocenters. The maximum absolute atomic E-state index is 12.7. The number of carbonyl (C=O) groups excluding carboxylic acids is 1. The predicted molar refractivity (Wildman–Crippen MR) is 106 cm³/mol. The molecule has 0 bridgehead atoms. The summed E-state index contributed by atoms with van der Waals surface area (Å²) in [5, 5.41) is 10.8. The van der Waals surface area contributed by atoms with E-state index in [9.17, 15) is 13.2 Å². The van der Waals surface area contributed by atoms with Gasteiger partial charge >= 0.3 is 0 Å². The van der Waals surface area contributed by atoms with Crippen LogP contribution < -0.4 is 9.62 Å². The van der Waals surface area contributed by atoms with E-state index >= 15 is 0 Å². The number of hydrogen-bond donors (Lipinski definition) is 1. The van der Waals surface area contributed by atoms with Crippen LogP contribution >= 0.6 is 11.8 Å². The van der Waals surface area contributed by atoms with E-state index in [0.717, 1.165) is 28.6 Å². The Labute approximate surface area is 163 Å². The highest BCUT2D eigenvalue weighted by atomic mass is 32.2. The van der Waals surface area contributed by atoms with Crippen LogP contribution in [0.4, 0.5) is 11.4 Å². The Morgan fingerprint density at radius 2 is 1.96 bits per heavy atom. The molecule has 140 valence electrons. The highest BCUT2D eigenvalue weighted by molar-refractivity contribution is 8.03. The monoisotopic (exact) mass is 401 g/mol. The molecule has 1 aliphatic heterocycles. The van der Waals surface area contributed by atoms with E-state index < -0.39 is 10.0 Å². The minimum atomic E-state index is -3.75. The lowest BCUT2D eigenvalue weighted by molar-refractivity contribution is -0.117. The van der Waals surface area contributed by atoms with Crippen LogP contribution in [-0.2, 0) is 21.2 Å². The zero-order chi connectivity index (χ0) is 19.4. The van der Waals surface area contributed by atoms with Crippen molar-refractivity contribution in [3.05, 3.63) is 48.0 Å². The molecule has 8 heteroatoms. The standard InChI is InChI=1S/C19H19N3O3S2/c1-2-14-12-16(26-13-20)7-10-18(14)21-27(24,25)17-8-5-15(6-9-17)22-11-3-4-19(22)23/h5-10,12,21H,2-4,11H2,1H3. The van der Waals surface area contributed by atoms with Gasteiger partial charge in [-0.2, -0.15) is 5.26 Å². The van der Waals surface area contributed by atoms with Gasteiger partial charge in [-0.05, 0) is 72.6 Å². The Morgan fingerprint density at radius 1 is 1.22 bits per heavy atom. The van der Waals surface area contributed by atoms with Gasteiger partial charge in [-0.1, -0.05) is 6.92 Å². The molecule has 1 amide bonds. The van der Waals surface area contributed by atoms with Gasteiger partial charge in [-0.15, -0.1) is 0 Å². The van der Waals surface area contributed by atoms with Crippen molar-refractivity contribution in [2.24, 2.45) is 0 Å². The minimum absolute atomic E-state index is 0.0617. The van der Waals surface area contributed by atoms with Crippen LogP contribution in [0.3, 0.4) is 0 Å². The lowest BCUT2D eigenvalue weighted by Gasteiger charge is -2.16. The van der Waals surface area contributed by atoms with Crippen molar-refractivity contribution in [1.82, 2.24) is 0 Å². The van der Waals surface area contributed by atoms with Crippen LogP contribution in [0.5, 0.6) is 0 Å². The zero-order valence-corrected chi connectivity index (χ0v) is 16.4. The first-order valence-corrected chi connectivity index (χ1v) is 10.9. The average molecular weight is 402 g/mol. The highest BCUT2D eigenvalue weighted by Gasteiger charge is 2.22. The van der Waals surface area contributed by atoms with E-state index in [1.54, 1.807) is 29.2 Å². The number of nitriles is 1. The van der Waals surface area contributed by atoms with Crippen molar-refractivity contribution in [1.29, 1.82) is 5.26 Å². The van der Waals surface area contributed by atoms with E-state index in [1.807, 2.05) is 18.4 Å². The van der Waals surface area contributed by atoms with Crippen LogP contribution in [0, 0.1) is 10.7 Å². The number of aryl methyl sites for hydroxylation is 1. The molecule has 3 rings (SSSR count). The van der Waals surface area contributed by atoms with Gasteiger partial charge in [-0.25, -0.2) is 8.42 Å². The average Bonchev–Trinajstić information content (AvgIpc) is 3.09. The lowest BCUT2D eigenvalue weighted by Crippen LogP contribution is -2.23. The second-order valence-corrected chi connectivity index (χ2v) is 8.65.